The quantitative estimate of drug-likeness (QED) is 0.745. The third kappa shape index (κ3) is 1.25. The number of nitrogen functional groups attached to an aromatic ring is 1. The van der Waals surface area contributed by atoms with E-state index in [2.05, 4.69) is 15.9 Å². The summed E-state index contributed by atoms with van der Waals surface area (Å²) in [5.74, 6) is 1.54. The summed E-state index contributed by atoms with van der Waals surface area (Å²) >= 11 is 3.40. The monoisotopic (exact) mass is 265 g/mol. The Labute approximate surface area is 94.9 Å². The minimum Gasteiger partial charge on any atom is -0.454 e. The van der Waals surface area contributed by atoms with Crippen molar-refractivity contribution in [2.24, 2.45) is 0 Å². The molecule has 0 aliphatic carbocycles. The molecule has 1 heterocycles. The Morgan fingerprint density at radius 2 is 1.87 bits per heavy atom. The Morgan fingerprint density at radius 3 is 2.67 bits per heavy atom. The first kappa shape index (κ1) is 8.85. The van der Waals surface area contributed by atoms with Crippen molar-refractivity contribution in [1.82, 2.24) is 0 Å². The van der Waals surface area contributed by atoms with Gasteiger partial charge in [-0.25, -0.2) is 0 Å². The van der Waals surface area contributed by atoms with Gasteiger partial charge in [-0.05, 0) is 39.5 Å². The van der Waals surface area contributed by atoms with Gasteiger partial charge in [0.25, 0.3) is 0 Å². The van der Waals surface area contributed by atoms with Crippen LogP contribution in [0.15, 0.2) is 28.7 Å². The van der Waals surface area contributed by atoms with Crippen molar-refractivity contribution in [3.63, 3.8) is 0 Å². The van der Waals surface area contributed by atoms with Crippen LogP contribution in [-0.4, -0.2) is 6.79 Å². The lowest BCUT2D eigenvalue weighted by atomic mass is 10.1. The van der Waals surface area contributed by atoms with Crippen molar-refractivity contribution in [1.29, 1.82) is 0 Å². The Kier molecular flexibility index (Phi) is 1.79. The van der Waals surface area contributed by atoms with Gasteiger partial charge >= 0.3 is 0 Å². The maximum absolute atomic E-state index is 5.97. The standard InChI is InChI=1S/C11H8BrNO2/c12-8-2-1-6-3-9-10(15-5-14-9)4-7(6)11(8)13/h1-4H,5,13H2. The highest BCUT2D eigenvalue weighted by atomic mass is 79.9. The van der Waals surface area contributed by atoms with Crippen molar-refractivity contribution in [3.8, 4) is 11.5 Å². The first-order valence-electron chi connectivity index (χ1n) is 4.53. The van der Waals surface area contributed by atoms with Crippen LogP contribution < -0.4 is 15.2 Å². The number of hydrogen-bond acceptors (Lipinski definition) is 3. The molecule has 0 fully saturated rings. The Bertz CT molecular complexity index is 554. The fourth-order valence-corrected chi connectivity index (χ4v) is 2.06. The van der Waals surface area contributed by atoms with E-state index in [4.69, 9.17) is 15.2 Å². The van der Waals surface area contributed by atoms with Crippen LogP contribution in [0.5, 0.6) is 11.5 Å². The van der Waals surface area contributed by atoms with Gasteiger partial charge in [0.1, 0.15) is 0 Å². The second-order valence-corrected chi connectivity index (χ2v) is 4.24. The molecule has 0 radical (unpaired) electrons. The van der Waals surface area contributed by atoms with E-state index in [0.717, 1.165) is 32.4 Å². The number of anilines is 1. The molecular weight excluding hydrogens is 258 g/mol. The minimum absolute atomic E-state index is 0.284. The summed E-state index contributed by atoms with van der Waals surface area (Å²) in [5.41, 5.74) is 6.70. The Hall–Kier alpha value is -1.42. The molecule has 4 heteroatoms. The Morgan fingerprint density at radius 1 is 1.13 bits per heavy atom. The summed E-state index contributed by atoms with van der Waals surface area (Å²) in [7, 11) is 0. The molecule has 3 rings (SSSR count). The highest BCUT2D eigenvalue weighted by Gasteiger charge is 2.15. The second kappa shape index (κ2) is 3.03. The molecule has 15 heavy (non-hydrogen) atoms. The molecule has 0 unspecified atom stereocenters. The zero-order valence-electron chi connectivity index (χ0n) is 7.79. The average molecular weight is 266 g/mol. The Balaban J connectivity index is 2.38. The molecule has 0 spiro atoms. The van der Waals surface area contributed by atoms with Gasteiger partial charge in [0, 0.05) is 9.86 Å². The molecule has 1 aliphatic rings. The van der Waals surface area contributed by atoms with E-state index in [1.54, 1.807) is 0 Å². The van der Waals surface area contributed by atoms with Crippen molar-refractivity contribution in [3.05, 3.63) is 28.7 Å². The fraction of sp³-hybridized carbons (Fsp3) is 0.0909. The molecule has 76 valence electrons. The average Bonchev–Trinajstić information content (AvgIpc) is 2.68. The molecule has 0 saturated carbocycles. The number of nitrogens with two attached hydrogens (primary N) is 1. The van der Waals surface area contributed by atoms with Gasteiger partial charge in [-0.1, -0.05) is 6.07 Å². The summed E-state index contributed by atoms with van der Waals surface area (Å²) in [6.07, 6.45) is 0. The van der Waals surface area contributed by atoms with E-state index in [1.165, 1.54) is 0 Å². The van der Waals surface area contributed by atoms with E-state index in [-0.39, 0.29) is 6.79 Å². The predicted molar refractivity (Wildman–Crippen MR) is 62.2 cm³/mol. The third-order valence-electron chi connectivity index (χ3n) is 2.50. The van der Waals surface area contributed by atoms with Gasteiger partial charge in [0.05, 0.1) is 5.69 Å². The summed E-state index contributed by atoms with van der Waals surface area (Å²) in [6, 6.07) is 7.79. The summed E-state index contributed by atoms with van der Waals surface area (Å²) in [5, 5.41) is 2.04. The van der Waals surface area contributed by atoms with Crippen LogP contribution in [0.1, 0.15) is 0 Å². The first-order valence-corrected chi connectivity index (χ1v) is 5.32. The van der Waals surface area contributed by atoms with Crippen molar-refractivity contribution >= 4 is 32.4 Å². The number of halogens is 1. The number of fused-ring (bicyclic) bond motifs is 2. The molecule has 1 aliphatic heterocycles. The van der Waals surface area contributed by atoms with Gasteiger partial charge in [-0.15, -0.1) is 0 Å². The molecule has 0 aromatic heterocycles. The van der Waals surface area contributed by atoms with Crippen LogP contribution in [0.2, 0.25) is 0 Å². The highest BCUT2D eigenvalue weighted by molar-refractivity contribution is 9.10. The molecule has 0 saturated heterocycles. The molecule has 2 aromatic rings. The highest BCUT2D eigenvalue weighted by Crippen LogP contribution is 2.39. The van der Waals surface area contributed by atoms with Crippen LogP contribution >= 0.6 is 15.9 Å². The van der Waals surface area contributed by atoms with E-state index < -0.39 is 0 Å². The first-order chi connectivity index (χ1) is 7.25. The van der Waals surface area contributed by atoms with Gasteiger partial charge in [-0.2, -0.15) is 0 Å². The zero-order chi connectivity index (χ0) is 10.4. The topological polar surface area (TPSA) is 44.5 Å². The lowest BCUT2D eigenvalue weighted by Gasteiger charge is -2.05. The van der Waals surface area contributed by atoms with Crippen molar-refractivity contribution in [2.45, 2.75) is 0 Å². The lowest BCUT2D eigenvalue weighted by Crippen LogP contribution is -1.92. The fourth-order valence-electron chi connectivity index (χ4n) is 1.71. The van der Waals surface area contributed by atoms with Crippen LogP contribution in [0.25, 0.3) is 10.8 Å². The molecule has 2 aromatic carbocycles. The molecule has 0 amide bonds. The van der Waals surface area contributed by atoms with Gasteiger partial charge in [-0.3, -0.25) is 0 Å². The number of hydrogen-bond donors (Lipinski definition) is 1. The largest absolute Gasteiger partial charge is 0.454 e. The van der Waals surface area contributed by atoms with Crippen LogP contribution in [-0.2, 0) is 0 Å². The van der Waals surface area contributed by atoms with E-state index in [0.29, 0.717) is 0 Å². The van der Waals surface area contributed by atoms with E-state index >= 15 is 0 Å². The van der Waals surface area contributed by atoms with Crippen LogP contribution in [0.4, 0.5) is 5.69 Å². The number of rotatable bonds is 0. The predicted octanol–water partition coefficient (Wildman–Crippen LogP) is 2.91. The van der Waals surface area contributed by atoms with Crippen molar-refractivity contribution < 1.29 is 9.47 Å². The SMILES string of the molecule is Nc1c(Br)ccc2cc3c(cc12)OCO3. The summed E-state index contributed by atoms with van der Waals surface area (Å²) in [6.45, 7) is 0.284. The number of ether oxygens (including phenoxy) is 2. The molecule has 0 bridgehead atoms. The van der Waals surface area contributed by atoms with Crippen LogP contribution in [0.3, 0.4) is 0 Å². The smallest absolute Gasteiger partial charge is 0.231 e. The zero-order valence-corrected chi connectivity index (χ0v) is 9.37. The van der Waals surface area contributed by atoms with Gasteiger partial charge in [0.15, 0.2) is 11.5 Å². The molecular formula is C11H8BrNO2. The normalized spacial score (nSPS) is 13.4. The maximum atomic E-state index is 5.97. The van der Waals surface area contributed by atoms with E-state index in [1.807, 2.05) is 24.3 Å². The van der Waals surface area contributed by atoms with E-state index in [9.17, 15) is 0 Å². The number of benzene rings is 2. The van der Waals surface area contributed by atoms with Crippen molar-refractivity contribution in [2.75, 3.05) is 12.5 Å². The lowest BCUT2D eigenvalue weighted by molar-refractivity contribution is 0.174. The maximum Gasteiger partial charge on any atom is 0.231 e. The molecule has 2 N–H and O–H groups in total. The summed E-state index contributed by atoms with van der Waals surface area (Å²) in [4.78, 5) is 0. The van der Waals surface area contributed by atoms with Gasteiger partial charge < -0.3 is 15.2 Å². The minimum atomic E-state index is 0.284. The molecule has 0 atom stereocenters. The third-order valence-corrected chi connectivity index (χ3v) is 3.19. The van der Waals surface area contributed by atoms with Crippen LogP contribution in [0, 0.1) is 0 Å². The van der Waals surface area contributed by atoms with Gasteiger partial charge in [0.2, 0.25) is 6.79 Å². The molecule has 3 nitrogen and oxygen atoms in total. The summed E-state index contributed by atoms with van der Waals surface area (Å²) < 4.78 is 11.5. The second-order valence-electron chi connectivity index (χ2n) is 3.39.